The summed E-state index contributed by atoms with van der Waals surface area (Å²) in [6.07, 6.45) is 3.53. The molecular formula is C23H21N3OS. The molecule has 4 aromatic rings. The van der Waals surface area contributed by atoms with Crippen molar-refractivity contribution in [2.24, 2.45) is 0 Å². The number of para-hydroxylation sites is 1. The van der Waals surface area contributed by atoms with Crippen LogP contribution in [0.25, 0.3) is 10.9 Å². The fraction of sp³-hybridized carbons (Fsp3) is 0.174. The zero-order chi connectivity index (χ0) is 19.5. The van der Waals surface area contributed by atoms with E-state index in [4.69, 9.17) is 4.98 Å². The van der Waals surface area contributed by atoms with Crippen LogP contribution in [0.2, 0.25) is 0 Å². The van der Waals surface area contributed by atoms with E-state index in [0.717, 1.165) is 22.0 Å². The van der Waals surface area contributed by atoms with Gasteiger partial charge in [-0.1, -0.05) is 59.3 Å². The molecule has 0 fully saturated rings. The number of benzene rings is 2. The van der Waals surface area contributed by atoms with Crippen molar-refractivity contribution in [3.63, 3.8) is 0 Å². The van der Waals surface area contributed by atoms with E-state index in [-0.39, 0.29) is 5.56 Å². The number of pyridine rings is 1. The van der Waals surface area contributed by atoms with Gasteiger partial charge in [-0.05, 0) is 43.2 Å². The predicted octanol–water partition coefficient (Wildman–Crippen LogP) is 4.75. The Morgan fingerprint density at radius 2 is 1.75 bits per heavy atom. The van der Waals surface area contributed by atoms with E-state index in [1.54, 1.807) is 28.7 Å². The van der Waals surface area contributed by atoms with Gasteiger partial charge >= 0.3 is 0 Å². The second-order valence-corrected chi connectivity index (χ2v) is 7.89. The molecule has 0 radical (unpaired) electrons. The van der Waals surface area contributed by atoms with Crippen LogP contribution in [0.15, 0.2) is 76.9 Å². The van der Waals surface area contributed by atoms with Crippen molar-refractivity contribution in [2.75, 3.05) is 0 Å². The first kappa shape index (κ1) is 18.4. The molecule has 0 aliphatic heterocycles. The molecule has 0 bridgehead atoms. The highest BCUT2D eigenvalue weighted by molar-refractivity contribution is 7.98. The van der Waals surface area contributed by atoms with Crippen LogP contribution in [0.1, 0.15) is 22.3 Å². The van der Waals surface area contributed by atoms with Crippen LogP contribution >= 0.6 is 11.8 Å². The molecule has 0 amide bonds. The molecule has 0 saturated heterocycles. The summed E-state index contributed by atoms with van der Waals surface area (Å²) >= 11 is 1.60. The van der Waals surface area contributed by atoms with Gasteiger partial charge in [-0.15, -0.1) is 0 Å². The lowest BCUT2D eigenvalue weighted by molar-refractivity contribution is 0.656. The number of hydrogen-bond donors (Lipinski definition) is 0. The average molecular weight is 388 g/mol. The number of nitrogens with zero attached hydrogens (tertiary/aromatic N) is 3. The van der Waals surface area contributed by atoms with Crippen molar-refractivity contribution in [1.29, 1.82) is 0 Å². The zero-order valence-corrected chi connectivity index (χ0v) is 16.7. The van der Waals surface area contributed by atoms with Crippen molar-refractivity contribution < 1.29 is 0 Å². The maximum atomic E-state index is 13.2. The van der Waals surface area contributed by atoms with Crippen molar-refractivity contribution >= 4 is 22.7 Å². The maximum Gasteiger partial charge on any atom is 0.262 e. The summed E-state index contributed by atoms with van der Waals surface area (Å²) in [5.41, 5.74) is 5.42. The highest BCUT2D eigenvalue weighted by Crippen LogP contribution is 2.24. The van der Waals surface area contributed by atoms with Crippen molar-refractivity contribution in [3.8, 4) is 0 Å². The lowest BCUT2D eigenvalue weighted by atomic mass is 10.1. The number of aryl methyl sites for hydroxylation is 2. The van der Waals surface area contributed by atoms with Crippen LogP contribution in [0.5, 0.6) is 0 Å². The molecule has 0 spiro atoms. The normalized spacial score (nSPS) is 11.1. The first-order valence-electron chi connectivity index (χ1n) is 9.18. The average Bonchev–Trinajstić information content (AvgIpc) is 2.69. The lowest BCUT2D eigenvalue weighted by Gasteiger charge is -2.13. The number of fused-ring (bicyclic) bond motifs is 1. The van der Waals surface area contributed by atoms with E-state index in [0.29, 0.717) is 11.9 Å². The molecule has 4 nitrogen and oxygen atoms in total. The highest BCUT2D eigenvalue weighted by Gasteiger charge is 2.12. The van der Waals surface area contributed by atoms with Crippen LogP contribution < -0.4 is 5.56 Å². The molecule has 0 atom stereocenters. The van der Waals surface area contributed by atoms with Gasteiger partial charge in [0.05, 0.1) is 17.4 Å². The maximum absolute atomic E-state index is 13.2. The molecule has 0 aliphatic carbocycles. The number of hydrogen-bond acceptors (Lipinski definition) is 4. The molecule has 4 rings (SSSR count). The molecular weight excluding hydrogens is 366 g/mol. The fourth-order valence-electron chi connectivity index (χ4n) is 3.37. The van der Waals surface area contributed by atoms with Crippen molar-refractivity contribution in [2.45, 2.75) is 31.3 Å². The lowest BCUT2D eigenvalue weighted by Crippen LogP contribution is -2.24. The standard InChI is InChI=1S/C23H21N3OS/c1-16-10-17(2)12-19(11-16)15-28-23-25-21-8-4-3-7-20(21)22(27)26(23)14-18-6-5-9-24-13-18/h3-13H,14-15H2,1-2H3. The molecule has 5 heteroatoms. The Morgan fingerprint density at radius 1 is 0.964 bits per heavy atom. The summed E-state index contributed by atoms with van der Waals surface area (Å²) in [4.78, 5) is 22.1. The van der Waals surface area contributed by atoms with Crippen LogP contribution in [-0.4, -0.2) is 14.5 Å². The fourth-order valence-corrected chi connectivity index (χ4v) is 4.30. The van der Waals surface area contributed by atoms with Gasteiger partial charge < -0.3 is 0 Å². The first-order valence-corrected chi connectivity index (χ1v) is 10.2. The third kappa shape index (κ3) is 3.99. The summed E-state index contributed by atoms with van der Waals surface area (Å²) < 4.78 is 1.76. The molecule has 0 unspecified atom stereocenters. The Hall–Kier alpha value is -2.92. The van der Waals surface area contributed by atoms with Gasteiger partial charge in [0, 0.05) is 18.1 Å². The molecule has 2 heterocycles. The van der Waals surface area contributed by atoms with Crippen molar-refractivity contribution in [1.82, 2.24) is 14.5 Å². The third-order valence-electron chi connectivity index (χ3n) is 4.54. The number of aromatic nitrogens is 3. The Balaban J connectivity index is 1.74. The van der Waals surface area contributed by atoms with E-state index in [1.165, 1.54) is 16.7 Å². The number of rotatable bonds is 5. The second-order valence-electron chi connectivity index (χ2n) is 6.95. The van der Waals surface area contributed by atoms with Gasteiger partial charge in [0.1, 0.15) is 0 Å². The van der Waals surface area contributed by atoms with Gasteiger partial charge in [0.15, 0.2) is 5.16 Å². The van der Waals surface area contributed by atoms with Gasteiger partial charge in [-0.3, -0.25) is 14.3 Å². The first-order chi connectivity index (χ1) is 13.6. The zero-order valence-electron chi connectivity index (χ0n) is 15.9. The summed E-state index contributed by atoms with van der Waals surface area (Å²) in [6.45, 7) is 4.67. The predicted molar refractivity (Wildman–Crippen MR) is 115 cm³/mol. The minimum atomic E-state index is -0.0163. The van der Waals surface area contributed by atoms with E-state index >= 15 is 0 Å². The third-order valence-corrected chi connectivity index (χ3v) is 5.59. The van der Waals surface area contributed by atoms with Crippen molar-refractivity contribution in [3.05, 3.63) is 99.6 Å². The summed E-state index contributed by atoms with van der Waals surface area (Å²) in [7, 11) is 0. The monoisotopic (exact) mass is 387 g/mol. The molecule has 140 valence electrons. The van der Waals surface area contributed by atoms with Crippen LogP contribution in [-0.2, 0) is 12.3 Å². The Labute approximate surface area is 168 Å². The minimum Gasteiger partial charge on any atom is -0.283 e. The molecule has 0 aliphatic rings. The Bertz CT molecular complexity index is 1170. The van der Waals surface area contributed by atoms with E-state index < -0.39 is 0 Å². The second kappa shape index (κ2) is 7.98. The SMILES string of the molecule is Cc1cc(C)cc(CSc2nc3ccccc3c(=O)n2Cc2cccnc2)c1. The van der Waals surface area contributed by atoms with Gasteiger partial charge in [0.25, 0.3) is 5.56 Å². The van der Waals surface area contributed by atoms with Crippen LogP contribution in [0.3, 0.4) is 0 Å². The van der Waals surface area contributed by atoms with E-state index in [2.05, 4.69) is 37.0 Å². The van der Waals surface area contributed by atoms with Gasteiger partial charge in [-0.2, -0.15) is 0 Å². The molecule has 0 N–H and O–H groups in total. The number of thioether (sulfide) groups is 1. The van der Waals surface area contributed by atoms with Gasteiger partial charge in [0.2, 0.25) is 0 Å². The molecule has 28 heavy (non-hydrogen) atoms. The van der Waals surface area contributed by atoms with E-state index in [9.17, 15) is 4.79 Å². The highest BCUT2D eigenvalue weighted by atomic mass is 32.2. The Morgan fingerprint density at radius 3 is 2.50 bits per heavy atom. The van der Waals surface area contributed by atoms with Gasteiger partial charge in [-0.25, -0.2) is 4.98 Å². The molecule has 0 saturated carbocycles. The Kier molecular flexibility index (Phi) is 5.26. The smallest absolute Gasteiger partial charge is 0.262 e. The molecule has 2 aromatic heterocycles. The summed E-state index contributed by atoms with van der Waals surface area (Å²) in [6, 6.07) is 17.9. The summed E-state index contributed by atoms with van der Waals surface area (Å²) in [5.74, 6) is 0.764. The minimum absolute atomic E-state index is 0.0163. The van der Waals surface area contributed by atoms with Crippen LogP contribution in [0.4, 0.5) is 0 Å². The quantitative estimate of drug-likeness (QED) is 0.366. The van der Waals surface area contributed by atoms with Crippen LogP contribution in [0, 0.1) is 13.8 Å². The van der Waals surface area contributed by atoms with E-state index in [1.807, 2.05) is 36.4 Å². The molecule has 2 aromatic carbocycles. The largest absolute Gasteiger partial charge is 0.283 e. The summed E-state index contributed by atoms with van der Waals surface area (Å²) in [5, 5.41) is 1.37. The topological polar surface area (TPSA) is 47.8 Å².